The highest BCUT2D eigenvalue weighted by atomic mass is 16.6. The Morgan fingerprint density at radius 1 is 0.886 bits per heavy atom. The third kappa shape index (κ3) is 7.94. The van der Waals surface area contributed by atoms with Crippen molar-refractivity contribution in [1.82, 2.24) is 5.32 Å². The summed E-state index contributed by atoms with van der Waals surface area (Å²) in [5, 5.41) is 14.6. The monoisotopic (exact) mass is 474 g/mol. The fraction of sp³-hybridized carbons (Fsp3) is 0.367. The van der Waals surface area contributed by atoms with Crippen LogP contribution in [0.1, 0.15) is 56.7 Å². The van der Waals surface area contributed by atoms with Crippen LogP contribution in [0.4, 0.5) is 4.79 Å². The maximum absolute atomic E-state index is 12.9. The zero-order valence-corrected chi connectivity index (χ0v) is 21.1. The van der Waals surface area contributed by atoms with Gasteiger partial charge in [-0.15, -0.1) is 0 Å². The second kappa shape index (κ2) is 11.5. The number of aliphatic hydroxyl groups excluding tert-OH is 1. The van der Waals surface area contributed by atoms with Gasteiger partial charge in [0.15, 0.2) is 0 Å². The molecule has 35 heavy (non-hydrogen) atoms. The van der Waals surface area contributed by atoms with Crippen molar-refractivity contribution >= 4 is 6.09 Å². The highest BCUT2D eigenvalue weighted by molar-refractivity contribution is 5.68. The van der Waals surface area contributed by atoms with E-state index in [9.17, 15) is 9.90 Å². The third-order valence-electron chi connectivity index (χ3n) is 6.12. The number of alkyl carbamates (subject to hydrolysis) is 1. The van der Waals surface area contributed by atoms with E-state index in [0.717, 1.165) is 16.7 Å². The number of nitrogens with two attached hydrogens (primary N) is 1. The standard InChI is InChI=1S/C30H38N2O3/c1-29(2,3)35-28(34)32-27(26(33)21-30(4,31)24-18-12-7-13-19-24)25(23-16-10-6-11-17-23)20-22-14-8-5-9-15-22/h5-19,25-27,33H,20-21,31H2,1-4H3,(H,32,34)/t25?,26-,27-,30-/m0/s1. The minimum absolute atomic E-state index is 0.201. The van der Waals surface area contributed by atoms with E-state index in [0.29, 0.717) is 6.42 Å². The van der Waals surface area contributed by atoms with Crippen molar-refractivity contribution in [3.05, 3.63) is 108 Å². The molecule has 1 unspecified atom stereocenters. The van der Waals surface area contributed by atoms with Crippen LogP contribution in [0.3, 0.4) is 0 Å². The summed E-state index contributed by atoms with van der Waals surface area (Å²) >= 11 is 0. The molecule has 5 heteroatoms. The Hall–Kier alpha value is -3.15. The predicted octanol–water partition coefficient (Wildman–Crippen LogP) is 5.53. The predicted molar refractivity (Wildman–Crippen MR) is 141 cm³/mol. The molecule has 0 aliphatic heterocycles. The minimum Gasteiger partial charge on any atom is -0.444 e. The number of rotatable bonds is 9. The fourth-order valence-corrected chi connectivity index (χ4v) is 4.43. The van der Waals surface area contributed by atoms with Crippen molar-refractivity contribution < 1.29 is 14.6 Å². The summed E-state index contributed by atoms with van der Waals surface area (Å²) in [6.07, 6.45) is -0.592. The topological polar surface area (TPSA) is 84.6 Å². The molecule has 5 nitrogen and oxygen atoms in total. The first-order valence-corrected chi connectivity index (χ1v) is 12.2. The summed E-state index contributed by atoms with van der Waals surface area (Å²) in [7, 11) is 0. The van der Waals surface area contributed by atoms with Gasteiger partial charge in [0.1, 0.15) is 5.60 Å². The lowest BCUT2D eigenvalue weighted by Crippen LogP contribution is -2.52. The molecule has 0 aliphatic rings. The molecule has 1 amide bonds. The van der Waals surface area contributed by atoms with Crippen LogP contribution in [0.15, 0.2) is 91.0 Å². The Bertz CT molecular complexity index is 1050. The molecule has 0 saturated heterocycles. The summed E-state index contributed by atoms with van der Waals surface area (Å²) in [5.74, 6) is -0.201. The van der Waals surface area contributed by atoms with E-state index >= 15 is 0 Å². The maximum Gasteiger partial charge on any atom is 0.407 e. The van der Waals surface area contributed by atoms with E-state index in [4.69, 9.17) is 10.5 Å². The first kappa shape index (κ1) is 26.5. The van der Waals surface area contributed by atoms with Crippen LogP contribution < -0.4 is 11.1 Å². The van der Waals surface area contributed by atoms with Gasteiger partial charge in [0, 0.05) is 11.5 Å². The molecule has 3 aromatic rings. The number of ether oxygens (including phenoxy) is 1. The zero-order chi connectivity index (χ0) is 25.5. The van der Waals surface area contributed by atoms with Crippen LogP contribution >= 0.6 is 0 Å². The quantitative estimate of drug-likeness (QED) is 0.381. The highest BCUT2D eigenvalue weighted by Gasteiger charge is 2.36. The first-order chi connectivity index (χ1) is 16.5. The van der Waals surface area contributed by atoms with Gasteiger partial charge in [-0.2, -0.15) is 0 Å². The number of nitrogens with one attached hydrogen (secondary N) is 1. The van der Waals surface area contributed by atoms with Gasteiger partial charge in [0.05, 0.1) is 12.1 Å². The van der Waals surface area contributed by atoms with Gasteiger partial charge in [-0.25, -0.2) is 4.79 Å². The van der Waals surface area contributed by atoms with Crippen LogP contribution in [-0.2, 0) is 16.7 Å². The molecule has 4 N–H and O–H groups in total. The normalized spacial score (nSPS) is 15.9. The van der Waals surface area contributed by atoms with Crippen LogP contribution in [-0.4, -0.2) is 28.9 Å². The van der Waals surface area contributed by atoms with Crippen LogP contribution in [0, 0.1) is 0 Å². The number of benzene rings is 3. The number of amides is 1. The van der Waals surface area contributed by atoms with Gasteiger partial charge in [-0.1, -0.05) is 91.0 Å². The molecule has 0 aromatic heterocycles. The molecule has 0 aliphatic carbocycles. The molecule has 186 valence electrons. The van der Waals surface area contributed by atoms with Crippen molar-refractivity contribution in [1.29, 1.82) is 0 Å². The number of hydrogen-bond donors (Lipinski definition) is 3. The number of aliphatic hydroxyl groups is 1. The van der Waals surface area contributed by atoms with Crippen LogP contribution in [0.2, 0.25) is 0 Å². The van der Waals surface area contributed by atoms with Crippen molar-refractivity contribution in [2.75, 3.05) is 0 Å². The molecular formula is C30H38N2O3. The first-order valence-electron chi connectivity index (χ1n) is 12.2. The minimum atomic E-state index is -0.924. The summed E-state index contributed by atoms with van der Waals surface area (Å²) in [6, 6.07) is 29.2. The molecule has 3 rings (SSSR count). The van der Waals surface area contributed by atoms with E-state index < -0.39 is 29.4 Å². The molecule has 0 saturated carbocycles. The lowest BCUT2D eigenvalue weighted by molar-refractivity contribution is 0.0347. The fourth-order valence-electron chi connectivity index (χ4n) is 4.43. The van der Waals surface area contributed by atoms with E-state index in [2.05, 4.69) is 17.4 Å². The van der Waals surface area contributed by atoms with Gasteiger partial charge in [0.25, 0.3) is 0 Å². The Morgan fingerprint density at radius 2 is 1.40 bits per heavy atom. The van der Waals surface area contributed by atoms with E-state index in [-0.39, 0.29) is 12.3 Å². The molecule has 0 heterocycles. The lowest BCUT2D eigenvalue weighted by Gasteiger charge is -2.37. The summed E-state index contributed by atoms with van der Waals surface area (Å²) in [4.78, 5) is 12.9. The SMILES string of the molecule is CC(C)(C)OC(=O)N[C@@H](C(Cc1ccccc1)c1ccccc1)[C@@H](O)C[C@](C)(N)c1ccccc1. The van der Waals surface area contributed by atoms with Gasteiger partial charge in [-0.05, 0) is 57.2 Å². The second-order valence-corrected chi connectivity index (χ2v) is 10.4. The molecule has 0 spiro atoms. The number of carbonyl (C=O) groups excluding carboxylic acids is 1. The third-order valence-corrected chi connectivity index (χ3v) is 6.12. The molecule has 0 bridgehead atoms. The molecule has 4 atom stereocenters. The molecule has 3 aromatic carbocycles. The highest BCUT2D eigenvalue weighted by Crippen LogP contribution is 2.31. The van der Waals surface area contributed by atoms with E-state index in [1.54, 1.807) is 0 Å². The molecular weight excluding hydrogens is 436 g/mol. The van der Waals surface area contributed by atoms with Crippen LogP contribution in [0.5, 0.6) is 0 Å². The van der Waals surface area contributed by atoms with Gasteiger partial charge in [-0.3, -0.25) is 0 Å². The van der Waals surface area contributed by atoms with Gasteiger partial charge in [0.2, 0.25) is 0 Å². The summed E-state index contributed by atoms with van der Waals surface area (Å²) < 4.78 is 5.58. The Labute approximate surface area is 209 Å². The largest absolute Gasteiger partial charge is 0.444 e. The lowest BCUT2D eigenvalue weighted by atomic mass is 9.78. The zero-order valence-electron chi connectivity index (χ0n) is 21.1. The number of carbonyl (C=O) groups is 1. The smallest absolute Gasteiger partial charge is 0.407 e. The van der Waals surface area contributed by atoms with E-state index in [1.807, 2.05) is 107 Å². The average Bonchev–Trinajstić information content (AvgIpc) is 2.81. The van der Waals surface area contributed by atoms with Crippen molar-refractivity contribution in [3.8, 4) is 0 Å². The maximum atomic E-state index is 12.9. The van der Waals surface area contributed by atoms with Crippen molar-refractivity contribution in [2.24, 2.45) is 5.73 Å². The van der Waals surface area contributed by atoms with E-state index in [1.165, 1.54) is 0 Å². The van der Waals surface area contributed by atoms with Gasteiger partial charge >= 0.3 is 6.09 Å². The summed E-state index contributed by atoms with van der Waals surface area (Å²) in [5.41, 5.74) is 8.31. The van der Waals surface area contributed by atoms with Crippen molar-refractivity contribution in [3.63, 3.8) is 0 Å². The molecule has 0 radical (unpaired) electrons. The van der Waals surface area contributed by atoms with Gasteiger partial charge < -0.3 is 20.9 Å². The summed E-state index contributed by atoms with van der Waals surface area (Å²) in [6.45, 7) is 7.37. The van der Waals surface area contributed by atoms with Crippen LogP contribution in [0.25, 0.3) is 0 Å². The Kier molecular flexibility index (Phi) is 8.71. The number of hydrogen-bond acceptors (Lipinski definition) is 4. The van der Waals surface area contributed by atoms with Crippen molar-refractivity contribution in [2.45, 2.75) is 69.7 Å². The Morgan fingerprint density at radius 3 is 1.94 bits per heavy atom. The average molecular weight is 475 g/mol. The second-order valence-electron chi connectivity index (χ2n) is 10.4. The molecule has 0 fully saturated rings. The Balaban J connectivity index is 1.97.